The number of nitrogens with zero attached hydrogens (tertiary/aromatic N) is 4. The third-order valence-corrected chi connectivity index (χ3v) is 5.45. The van der Waals surface area contributed by atoms with Crippen LogP contribution in [-0.4, -0.2) is 57.1 Å². The van der Waals surface area contributed by atoms with Crippen LogP contribution in [0.5, 0.6) is 0 Å². The number of rotatable bonds is 5. The second-order valence-electron chi connectivity index (χ2n) is 6.57. The summed E-state index contributed by atoms with van der Waals surface area (Å²) in [5.41, 5.74) is 0.229. The van der Waals surface area contributed by atoms with E-state index in [0.717, 1.165) is 43.7 Å². The fourth-order valence-electron chi connectivity index (χ4n) is 2.99. The van der Waals surface area contributed by atoms with E-state index in [9.17, 15) is 18.0 Å². The molecule has 1 amide bonds. The van der Waals surface area contributed by atoms with Crippen molar-refractivity contribution in [1.29, 1.82) is 0 Å². The predicted molar refractivity (Wildman–Crippen MR) is 101 cm³/mol. The Morgan fingerprint density at radius 1 is 1.14 bits per heavy atom. The molecule has 0 saturated carbocycles. The third kappa shape index (κ3) is 5.45. The average Bonchev–Trinajstić information content (AvgIpc) is 2.68. The Hall–Kier alpha value is -2.13. The van der Waals surface area contributed by atoms with Crippen molar-refractivity contribution >= 4 is 17.7 Å². The highest BCUT2D eigenvalue weighted by Crippen LogP contribution is 2.29. The number of alkyl halides is 3. The van der Waals surface area contributed by atoms with E-state index in [4.69, 9.17) is 0 Å². The van der Waals surface area contributed by atoms with Gasteiger partial charge in [0.1, 0.15) is 5.69 Å². The molecule has 9 heteroatoms. The lowest BCUT2D eigenvalue weighted by Gasteiger charge is -2.35. The molecule has 0 aliphatic carbocycles. The number of benzene rings is 1. The number of carbonyl (C=O) groups is 1. The van der Waals surface area contributed by atoms with Crippen molar-refractivity contribution in [3.8, 4) is 0 Å². The number of hydrogen-bond donors (Lipinski definition) is 0. The SMILES string of the molecule is CC(Sc1nccc(C(F)(F)F)n1)C(=O)N1CCN(Cc2ccccc2)CC1. The highest BCUT2D eigenvalue weighted by molar-refractivity contribution is 8.00. The molecule has 0 bridgehead atoms. The summed E-state index contributed by atoms with van der Waals surface area (Å²) in [4.78, 5) is 24.1. The van der Waals surface area contributed by atoms with Gasteiger partial charge in [0.15, 0.2) is 5.16 Å². The van der Waals surface area contributed by atoms with Crippen LogP contribution >= 0.6 is 11.8 Å². The van der Waals surface area contributed by atoms with Crippen molar-refractivity contribution in [1.82, 2.24) is 19.8 Å². The number of thioether (sulfide) groups is 1. The fraction of sp³-hybridized carbons (Fsp3) is 0.421. The summed E-state index contributed by atoms with van der Waals surface area (Å²) in [6.45, 7) is 5.23. The van der Waals surface area contributed by atoms with E-state index in [2.05, 4.69) is 27.0 Å². The van der Waals surface area contributed by atoms with Crippen LogP contribution in [0.3, 0.4) is 0 Å². The lowest BCUT2D eigenvalue weighted by atomic mass is 10.2. The van der Waals surface area contributed by atoms with Gasteiger partial charge in [-0.1, -0.05) is 42.1 Å². The number of amides is 1. The van der Waals surface area contributed by atoms with Gasteiger partial charge in [0.05, 0.1) is 5.25 Å². The van der Waals surface area contributed by atoms with Gasteiger partial charge in [-0.15, -0.1) is 0 Å². The Morgan fingerprint density at radius 2 is 1.82 bits per heavy atom. The summed E-state index contributed by atoms with van der Waals surface area (Å²) in [5.74, 6) is -0.106. The molecular weight excluding hydrogens is 389 g/mol. The maximum atomic E-state index is 12.8. The molecule has 1 saturated heterocycles. The zero-order valence-electron chi connectivity index (χ0n) is 15.4. The second kappa shape index (κ2) is 8.91. The maximum absolute atomic E-state index is 12.8. The van der Waals surface area contributed by atoms with E-state index in [1.54, 1.807) is 11.8 Å². The van der Waals surface area contributed by atoms with E-state index in [1.165, 1.54) is 5.56 Å². The Balaban J connectivity index is 1.52. The third-order valence-electron chi connectivity index (χ3n) is 4.49. The number of carbonyl (C=O) groups excluding carboxylic acids is 1. The molecule has 1 unspecified atom stereocenters. The summed E-state index contributed by atoms with van der Waals surface area (Å²) in [6.07, 6.45) is -3.46. The number of hydrogen-bond acceptors (Lipinski definition) is 5. The van der Waals surface area contributed by atoms with Gasteiger partial charge in [0, 0.05) is 38.9 Å². The summed E-state index contributed by atoms with van der Waals surface area (Å²) in [7, 11) is 0. The van der Waals surface area contributed by atoms with Gasteiger partial charge in [0.2, 0.25) is 5.91 Å². The highest BCUT2D eigenvalue weighted by Gasteiger charge is 2.33. The van der Waals surface area contributed by atoms with Gasteiger partial charge >= 0.3 is 6.18 Å². The van der Waals surface area contributed by atoms with E-state index in [0.29, 0.717) is 13.1 Å². The first-order valence-corrected chi connectivity index (χ1v) is 9.83. The van der Waals surface area contributed by atoms with Crippen molar-refractivity contribution in [3.63, 3.8) is 0 Å². The highest BCUT2D eigenvalue weighted by atomic mass is 32.2. The summed E-state index contributed by atoms with van der Waals surface area (Å²) < 4.78 is 38.3. The Labute approximate surface area is 166 Å². The van der Waals surface area contributed by atoms with Gasteiger partial charge in [0.25, 0.3) is 0 Å². The van der Waals surface area contributed by atoms with Gasteiger partial charge in [-0.25, -0.2) is 9.97 Å². The average molecular weight is 410 g/mol. The topological polar surface area (TPSA) is 49.3 Å². The van der Waals surface area contributed by atoms with Gasteiger partial charge in [-0.2, -0.15) is 13.2 Å². The monoisotopic (exact) mass is 410 g/mol. The Bertz CT molecular complexity index is 795. The van der Waals surface area contributed by atoms with Crippen LogP contribution in [0.2, 0.25) is 0 Å². The van der Waals surface area contributed by atoms with E-state index < -0.39 is 17.1 Å². The first kappa shape index (κ1) is 20.6. The molecule has 3 rings (SSSR count). The van der Waals surface area contributed by atoms with Gasteiger partial charge in [-0.05, 0) is 18.6 Å². The van der Waals surface area contributed by atoms with E-state index in [1.807, 2.05) is 18.2 Å². The largest absolute Gasteiger partial charge is 0.433 e. The first-order chi connectivity index (χ1) is 13.3. The predicted octanol–water partition coefficient (Wildman–Crippen LogP) is 3.32. The molecule has 0 spiro atoms. The van der Waals surface area contributed by atoms with Gasteiger partial charge in [-0.3, -0.25) is 9.69 Å². The molecule has 150 valence electrons. The van der Waals surface area contributed by atoms with Crippen molar-refractivity contribution in [2.45, 2.75) is 30.1 Å². The minimum atomic E-state index is -4.53. The minimum absolute atomic E-state index is 0.0432. The second-order valence-corrected chi connectivity index (χ2v) is 7.88. The smallest absolute Gasteiger partial charge is 0.339 e. The summed E-state index contributed by atoms with van der Waals surface area (Å²) >= 11 is 0.952. The van der Waals surface area contributed by atoms with Crippen LogP contribution in [0.4, 0.5) is 13.2 Å². The van der Waals surface area contributed by atoms with Crippen LogP contribution in [0, 0.1) is 0 Å². The van der Waals surface area contributed by atoms with Crippen molar-refractivity contribution in [2.24, 2.45) is 0 Å². The first-order valence-electron chi connectivity index (χ1n) is 8.95. The fourth-order valence-corrected chi connectivity index (χ4v) is 3.83. The molecule has 1 aliphatic rings. The molecule has 5 nitrogen and oxygen atoms in total. The zero-order valence-corrected chi connectivity index (χ0v) is 16.2. The molecule has 1 fully saturated rings. The van der Waals surface area contributed by atoms with Crippen LogP contribution in [0.1, 0.15) is 18.2 Å². The lowest BCUT2D eigenvalue weighted by Crippen LogP contribution is -2.50. The molecule has 1 aromatic heterocycles. The molecule has 2 aromatic rings. The number of piperazine rings is 1. The van der Waals surface area contributed by atoms with Crippen LogP contribution < -0.4 is 0 Å². The molecular formula is C19H21F3N4OS. The maximum Gasteiger partial charge on any atom is 0.433 e. The van der Waals surface area contributed by atoms with Crippen LogP contribution in [-0.2, 0) is 17.5 Å². The van der Waals surface area contributed by atoms with Crippen molar-refractivity contribution in [2.75, 3.05) is 26.2 Å². The summed E-state index contributed by atoms with van der Waals surface area (Å²) in [6, 6.07) is 11.0. The zero-order chi connectivity index (χ0) is 20.1. The number of aromatic nitrogens is 2. The van der Waals surface area contributed by atoms with Crippen molar-refractivity contribution < 1.29 is 18.0 Å². The summed E-state index contributed by atoms with van der Waals surface area (Å²) in [5, 5.41) is -0.595. The molecule has 1 aliphatic heterocycles. The minimum Gasteiger partial charge on any atom is -0.339 e. The van der Waals surface area contributed by atoms with E-state index >= 15 is 0 Å². The standard InChI is InChI=1S/C19H21F3N4OS/c1-14(28-18-23-8-7-16(24-18)19(20,21)22)17(27)26-11-9-25(10-12-26)13-15-5-3-2-4-6-15/h2-8,14H,9-13H2,1H3. The van der Waals surface area contributed by atoms with Crippen molar-refractivity contribution in [3.05, 3.63) is 53.9 Å². The Kier molecular flexibility index (Phi) is 6.56. The van der Waals surface area contributed by atoms with E-state index in [-0.39, 0.29) is 11.1 Å². The number of halogens is 3. The quantitative estimate of drug-likeness (QED) is 0.559. The molecule has 28 heavy (non-hydrogen) atoms. The molecule has 0 radical (unpaired) electrons. The molecule has 2 heterocycles. The lowest BCUT2D eigenvalue weighted by molar-refractivity contribution is -0.141. The normalized spacial score (nSPS) is 16.8. The van der Waals surface area contributed by atoms with Crippen LogP contribution in [0.15, 0.2) is 47.8 Å². The Morgan fingerprint density at radius 3 is 2.46 bits per heavy atom. The molecule has 0 N–H and O–H groups in total. The van der Waals surface area contributed by atoms with Crippen LogP contribution in [0.25, 0.3) is 0 Å². The molecule has 1 atom stereocenters. The molecule has 1 aromatic carbocycles. The van der Waals surface area contributed by atoms with Gasteiger partial charge < -0.3 is 4.90 Å².